The molecule has 54 heavy (non-hydrogen) atoms. The Morgan fingerprint density at radius 2 is 0.870 bits per heavy atom. The summed E-state index contributed by atoms with van der Waals surface area (Å²) >= 11 is 0. The second-order valence-electron chi connectivity index (χ2n) is 12.2. The summed E-state index contributed by atoms with van der Waals surface area (Å²) in [5, 5.41) is 31.3. The number of phenolic OH excluding ortho intramolecular Hbond substituents is 2. The number of phenols is 2. The van der Waals surface area contributed by atoms with E-state index in [1.165, 1.54) is 84.9 Å². The van der Waals surface area contributed by atoms with Crippen LogP contribution < -0.4 is 21.3 Å². The molecule has 0 bridgehead atoms. The van der Waals surface area contributed by atoms with Crippen LogP contribution in [-0.2, 0) is 20.2 Å². The summed E-state index contributed by atoms with van der Waals surface area (Å²) in [6, 6.07) is 20.8. The van der Waals surface area contributed by atoms with Gasteiger partial charge in [0.1, 0.15) is 21.3 Å². The molecule has 8 N–H and O–H groups in total. The van der Waals surface area contributed by atoms with Crippen LogP contribution in [0.4, 0.5) is 27.5 Å². The van der Waals surface area contributed by atoms with Gasteiger partial charge in [0, 0.05) is 55.4 Å². The second-order valence-corrected chi connectivity index (χ2v) is 15.0. The summed E-state index contributed by atoms with van der Waals surface area (Å²) in [5.41, 5.74) is 2.80. The summed E-state index contributed by atoms with van der Waals surface area (Å²) in [6.45, 7) is 3.46. The van der Waals surface area contributed by atoms with Crippen molar-refractivity contribution in [3.05, 3.63) is 119 Å². The van der Waals surface area contributed by atoms with Crippen LogP contribution in [0.1, 0.15) is 31.8 Å². The molecule has 0 unspecified atom stereocenters. The van der Waals surface area contributed by atoms with Crippen LogP contribution in [0.15, 0.2) is 107 Å². The first-order valence-electron chi connectivity index (χ1n) is 15.8. The Kier molecular flexibility index (Phi) is 9.74. The lowest BCUT2D eigenvalue weighted by Gasteiger charge is -2.16. The minimum Gasteiger partial charge on any atom is -0.508 e. The summed E-state index contributed by atoms with van der Waals surface area (Å²) in [6.07, 6.45) is 0. The van der Waals surface area contributed by atoms with Gasteiger partial charge >= 0.3 is 6.03 Å². The van der Waals surface area contributed by atoms with E-state index < -0.39 is 38.1 Å². The van der Waals surface area contributed by atoms with E-state index in [2.05, 4.69) is 21.3 Å². The fraction of sp³-hybridized carbons (Fsp3) is 0.0541. The first-order valence-corrected chi connectivity index (χ1v) is 18.7. The third kappa shape index (κ3) is 7.79. The molecule has 15 nitrogen and oxygen atoms in total. The van der Waals surface area contributed by atoms with Crippen molar-refractivity contribution in [3.8, 4) is 11.5 Å². The van der Waals surface area contributed by atoms with Crippen LogP contribution in [0.5, 0.6) is 11.5 Å². The van der Waals surface area contributed by atoms with Gasteiger partial charge in [0.05, 0.1) is 0 Å². The van der Waals surface area contributed by atoms with E-state index >= 15 is 0 Å². The molecule has 6 aromatic carbocycles. The molecule has 0 saturated heterocycles. The molecule has 6 rings (SSSR count). The number of amides is 4. The highest BCUT2D eigenvalue weighted by molar-refractivity contribution is 7.86. The first kappa shape index (κ1) is 37.2. The molecule has 4 amide bonds. The van der Waals surface area contributed by atoms with Crippen molar-refractivity contribution in [2.24, 2.45) is 0 Å². The Balaban J connectivity index is 1.18. The van der Waals surface area contributed by atoms with Crippen molar-refractivity contribution in [3.63, 3.8) is 0 Å². The molecule has 0 atom stereocenters. The number of hydrogen-bond acceptors (Lipinski definition) is 11. The number of hydrogen-bond donors (Lipinski definition) is 8. The molecule has 0 aliphatic heterocycles. The molecular weight excluding hydrogens is 741 g/mol. The monoisotopic (exact) mass is 770 g/mol. The summed E-state index contributed by atoms with van der Waals surface area (Å²) in [4.78, 5) is 38.3. The molecule has 17 heteroatoms. The number of carbonyl (C=O) groups excluding carboxylic acids is 3. The highest BCUT2D eigenvalue weighted by atomic mass is 32.2. The Labute approximate surface area is 307 Å². The zero-order chi connectivity index (χ0) is 39.1. The molecule has 0 aliphatic rings. The number of aromatic hydroxyl groups is 2. The molecule has 0 heterocycles. The molecule has 276 valence electrons. The van der Waals surface area contributed by atoms with Crippen molar-refractivity contribution in [1.29, 1.82) is 0 Å². The van der Waals surface area contributed by atoms with Gasteiger partial charge in [-0.1, -0.05) is 12.1 Å². The van der Waals surface area contributed by atoms with E-state index in [9.17, 15) is 50.5 Å². The Morgan fingerprint density at radius 1 is 0.481 bits per heavy atom. The number of imide groups is 2. The van der Waals surface area contributed by atoms with Gasteiger partial charge < -0.3 is 20.8 Å². The van der Waals surface area contributed by atoms with E-state index in [0.29, 0.717) is 33.9 Å². The standard InChI is InChI=1S/C37H30N4O11S2/c1-19-3-5-21(15-31(19)38-29-11-13-33(53(47,48)49)25-9-7-23(42)17-27(25)29)35(44)40-37(46)41-36(45)22-6-4-20(2)32(16-22)39-30-12-14-34(54(50,51)52)26-10-8-24(43)18-28(26)30/h3-18,38-39,42-43H,1-2H3,(H,47,48,49)(H,50,51,52)(H2,40,41,44,45,46). The van der Waals surface area contributed by atoms with Gasteiger partial charge in [-0.05, 0) is 110 Å². The van der Waals surface area contributed by atoms with Crippen LogP contribution >= 0.6 is 0 Å². The van der Waals surface area contributed by atoms with Gasteiger partial charge in [-0.15, -0.1) is 0 Å². The highest BCUT2D eigenvalue weighted by Gasteiger charge is 2.20. The number of carbonyl (C=O) groups is 3. The number of anilines is 4. The lowest BCUT2D eigenvalue weighted by atomic mass is 10.1. The smallest absolute Gasteiger partial charge is 0.328 e. The van der Waals surface area contributed by atoms with E-state index in [0.717, 1.165) is 0 Å². The van der Waals surface area contributed by atoms with Crippen LogP contribution in [-0.4, -0.2) is 54.0 Å². The maximum absolute atomic E-state index is 13.1. The number of aryl methyl sites for hydroxylation is 2. The third-order valence-corrected chi connectivity index (χ3v) is 10.3. The quantitative estimate of drug-likeness (QED) is 0.0795. The van der Waals surface area contributed by atoms with Gasteiger partial charge in [0.2, 0.25) is 0 Å². The van der Waals surface area contributed by atoms with Gasteiger partial charge in [0.15, 0.2) is 0 Å². The Morgan fingerprint density at radius 3 is 1.24 bits per heavy atom. The predicted octanol–water partition coefficient (Wildman–Crippen LogP) is 6.28. The zero-order valence-corrected chi connectivity index (χ0v) is 29.8. The fourth-order valence-electron chi connectivity index (χ4n) is 5.75. The van der Waals surface area contributed by atoms with Gasteiger partial charge in [0.25, 0.3) is 32.1 Å². The number of benzene rings is 6. The molecule has 0 fully saturated rings. The number of nitrogens with one attached hydrogen (secondary N) is 4. The highest BCUT2D eigenvalue weighted by Crippen LogP contribution is 2.36. The Bertz CT molecular complexity index is 2600. The minimum atomic E-state index is -4.59. The molecule has 6 aromatic rings. The first-order chi connectivity index (χ1) is 25.4. The van der Waals surface area contributed by atoms with Gasteiger partial charge in [-0.25, -0.2) is 4.79 Å². The fourth-order valence-corrected chi connectivity index (χ4v) is 7.14. The van der Waals surface area contributed by atoms with Crippen molar-refractivity contribution in [2.45, 2.75) is 23.6 Å². The normalized spacial score (nSPS) is 11.6. The topological polar surface area (TPSA) is 249 Å². The molecule has 0 spiro atoms. The van der Waals surface area contributed by atoms with Crippen LogP contribution in [0.25, 0.3) is 21.5 Å². The molecule has 0 aliphatic carbocycles. The number of rotatable bonds is 8. The summed E-state index contributed by atoms with van der Waals surface area (Å²) < 4.78 is 67.1. The van der Waals surface area contributed by atoms with Crippen LogP contribution in [0.2, 0.25) is 0 Å². The van der Waals surface area contributed by atoms with E-state index in [1.807, 2.05) is 0 Å². The average molecular weight is 771 g/mol. The minimum absolute atomic E-state index is 0.0208. The summed E-state index contributed by atoms with van der Waals surface area (Å²) in [5.74, 6) is -2.04. The number of urea groups is 1. The lowest BCUT2D eigenvalue weighted by molar-refractivity contribution is 0.0944. The van der Waals surface area contributed by atoms with E-state index in [1.54, 1.807) is 26.0 Å². The molecular formula is C37H30N4O11S2. The van der Waals surface area contributed by atoms with Crippen LogP contribution in [0, 0.1) is 13.8 Å². The van der Waals surface area contributed by atoms with Crippen LogP contribution in [0.3, 0.4) is 0 Å². The maximum atomic E-state index is 13.1. The number of fused-ring (bicyclic) bond motifs is 2. The van der Waals surface area contributed by atoms with E-state index in [-0.39, 0.29) is 54.0 Å². The van der Waals surface area contributed by atoms with Crippen molar-refractivity contribution < 1.29 is 50.5 Å². The predicted molar refractivity (Wildman–Crippen MR) is 200 cm³/mol. The lowest BCUT2D eigenvalue weighted by Crippen LogP contribution is -2.42. The molecule has 0 radical (unpaired) electrons. The average Bonchev–Trinajstić information content (AvgIpc) is 3.09. The SMILES string of the molecule is Cc1ccc(C(=O)NC(=O)NC(=O)c2ccc(C)c(Nc3ccc(S(=O)(=O)O)c4ccc(O)cc34)c2)cc1Nc1ccc(S(=O)(=O)O)c2ccc(O)cc12. The molecule has 0 aromatic heterocycles. The van der Waals surface area contributed by atoms with E-state index in [4.69, 9.17) is 0 Å². The van der Waals surface area contributed by atoms with Gasteiger partial charge in [-0.2, -0.15) is 16.8 Å². The third-order valence-electron chi connectivity index (χ3n) is 8.47. The summed E-state index contributed by atoms with van der Waals surface area (Å²) in [7, 11) is -9.17. The van der Waals surface area contributed by atoms with Gasteiger partial charge in [-0.3, -0.25) is 29.3 Å². The van der Waals surface area contributed by atoms with Crippen molar-refractivity contribution in [2.75, 3.05) is 10.6 Å². The van der Waals surface area contributed by atoms with Crippen molar-refractivity contribution in [1.82, 2.24) is 10.6 Å². The second kappa shape index (κ2) is 14.1. The Hall–Kier alpha value is -6.53. The largest absolute Gasteiger partial charge is 0.508 e. The van der Waals surface area contributed by atoms with Crippen molar-refractivity contribution >= 4 is 82.4 Å². The maximum Gasteiger partial charge on any atom is 0.328 e. The molecule has 0 saturated carbocycles. The zero-order valence-electron chi connectivity index (χ0n) is 28.2.